The number of methoxy groups -OCH3 is 1. The van der Waals surface area contributed by atoms with Gasteiger partial charge in [-0.15, -0.1) is 0 Å². The Morgan fingerprint density at radius 1 is 1.14 bits per heavy atom. The number of piperidine rings is 1. The molecule has 0 saturated carbocycles. The van der Waals surface area contributed by atoms with Gasteiger partial charge >= 0.3 is 0 Å². The molecule has 1 N–H and O–H groups in total. The molecule has 1 aliphatic heterocycles. The van der Waals surface area contributed by atoms with Crippen LogP contribution in [-0.2, 0) is 9.47 Å². The van der Waals surface area contributed by atoms with E-state index in [2.05, 4.69) is 17.1 Å². The van der Waals surface area contributed by atoms with E-state index in [0.717, 1.165) is 64.5 Å². The van der Waals surface area contributed by atoms with E-state index in [1.54, 1.807) is 19.2 Å². The van der Waals surface area contributed by atoms with Crippen molar-refractivity contribution in [3.8, 4) is 5.75 Å². The summed E-state index contributed by atoms with van der Waals surface area (Å²) in [6.07, 6.45) is 4.13. The zero-order valence-electron chi connectivity index (χ0n) is 17.2. The molecule has 0 aliphatic carbocycles. The topological polar surface area (TPSA) is 55.3 Å². The molecule has 0 bridgehead atoms. The molecular weight excluding hydrogens is 361 g/mol. The average Bonchev–Trinajstić information content (AvgIpc) is 2.72. The molecule has 1 saturated heterocycles. The second-order valence-electron chi connectivity index (χ2n) is 6.80. The maximum absolute atomic E-state index is 12.9. The Labute approximate surface area is 168 Å². The van der Waals surface area contributed by atoms with Gasteiger partial charge in [0.2, 0.25) is 0 Å². The van der Waals surface area contributed by atoms with Gasteiger partial charge in [-0.1, -0.05) is 0 Å². The smallest absolute Gasteiger partial charge is 0.193 e. The molecule has 7 heteroatoms. The van der Waals surface area contributed by atoms with Gasteiger partial charge in [0.15, 0.2) is 5.96 Å². The number of benzene rings is 1. The Hall–Kier alpha value is -1.86. The number of likely N-dealkylation sites (tertiary alicyclic amines) is 1. The first-order valence-corrected chi connectivity index (χ1v) is 10.2. The van der Waals surface area contributed by atoms with E-state index in [1.165, 1.54) is 12.1 Å². The lowest BCUT2D eigenvalue weighted by Crippen LogP contribution is -2.47. The van der Waals surface area contributed by atoms with Gasteiger partial charge in [0, 0.05) is 52.9 Å². The quantitative estimate of drug-likeness (QED) is 0.355. The molecule has 1 aromatic rings. The Morgan fingerprint density at radius 3 is 2.57 bits per heavy atom. The summed E-state index contributed by atoms with van der Waals surface area (Å²) in [5.41, 5.74) is 0. The zero-order valence-corrected chi connectivity index (χ0v) is 17.2. The minimum absolute atomic E-state index is 0.253. The zero-order chi connectivity index (χ0) is 20.0. The van der Waals surface area contributed by atoms with Crippen molar-refractivity contribution in [2.45, 2.75) is 38.7 Å². The Kier molecular flexibility index (Phi) is 10.7. The summed E-state index contributed by atoms with van der Waals surface area (Å²) in [6, 6.07) is 6.09. The summed E-state index contributed by atoms with van der Waals surface area (Å²) in [6.45, 7) is 7.60. The van der Waals surface area contributed by atoms with Crippen molar-refractivity contribution in [2.75, 3.05) is 53.1 Å². The van der Waals surface area contributed by atoms with Gasteiger partial charge in [-0.3, -0.25) is 4.99 Å². The van der Waals surface area contributed by atoms with Crippen molar-refractivity contribution in [3.05, 3.63) is 30.1 Å². The summed E-state index contributed by atoms with van der Waals surface area (Å²) in [7, 11) is 1.72. The van der Waals surface area contributed by atoms with Crippen LogP contribution in [0.15, 0.2) is 29.3 Å². The number of hydrogen-bond acceptors (Lipinski definition) is 4. The molecule has 158 valence electrons. The highest BCUT2D eigenvalue weighted by atomic mass is 19.1. The maximum atomic E-state index is 12.9. The molecule has 28 heavy (non-hydrogen) atoms. The fraction of sp³-hybridized carbons (Fsp3) is 0.667. The summed E-state index contributed by atoms with van der Waals surface area (Å²) in [4.78, 5) is 7.03. The van der Waals surface area contributed by atoms with Crippen LogP contribution in [0.2, 0.25) is 0 Å². The molecule has 0 radical (unpaired) electrons. The van der Waals surface area contributed by atoms with E-state index >= 15 is 0 Å². The third-order valence-electron chi connectivity index (χ3n) is 4.57. The Bertz CT molecular complexity index is 561. The lowest BCUT2D eigenvalue weighted by atomic mass is 10.1. The maximum Gasteiger partial charge on any atom is 0.193 e. The number of hydrogen-bond donors (Lipinski definition) is 1. The van der Waals surface area contributed by atoms with Crippen molar-refractivity contribution >= 4 is 5.96 Å². The monoisotopic (exact) mass is 395 g/mol. The molecule has 0 aromatic heterocycles. The van der Waals surface area contributed by atoms with Crippen molar-refractivity contribution in [1.29, 1.82) is 0 Å². The third-order valence-corrected chi connectivity index (χ3v) is 4.57. The summed E-state index contributed by atoms with van der Waals surface area (Å²) >= 11 is 0. The van der Waals surface area contributed by atoms with E-state index in [-0.39, 0.29) is 5.82 Å². The molecule has 0 spiro atoms. The van der Waals surface area contributed by atoms with Crippen LogP contribution in [0, 0.1) is 5.82 Å². The number of nitrogens with one attached hydrogen (secondary N) is 1. The second-order valence-corrected chi connectivity index (χ2v) is 6.80. The van der Waals surface area contributed by atoms with Gasteiger partial charge < -0.3 is 24.4 Å². The normalized spacial score (nSPS) is 15.7. The number of guanidine groups is 1. The van der Waals surface area contributed by atoms with Crippen LogP contribution in [-0.4, -0.2) is 70.1 Å². The Morgan fingerprint density at radius 2 is 1.89 bits per heavy atom. The predicted molar refractivity (Wildman–Crippen MR) is 110 cm³/mol. The van der Waals surface area contributed by atoms with Crippen LogP contribution in [0.5, 0.6) is 5.75 Å². The van der Waals surface area contributed by atoms with Crippen LogP contribution < -0.4 is 10.1 Å². The second kappa shape index (κ2) is 13.3. The van der Waals surface area contributed by atoms with Crippen molar-refractivity contribution in [2.24, 2.45) is 4.99 Å². The minimum atomic E-state index is -0.253. The van der Waals surface area contributed by atoms with Crippen molar-refractivity contribution in [3.63, 3.8) is 0 Å². The lowest BCUT2D eigenvalue weighted by molar-refractivity contribution is 0.00990. The van der Waals surface area contributed by atoms with Crippen LogP contribution in [0.4, 0.5) is 4.39 Å². The van der Waals surface area contributed by atoms with Crippen LogP contribution in [0.25, 0.3) is 0 Å². The van der Waals surface area contributed by atoms with Gasteiger partial charge in [-0.25, -0.2) is 4.39 Å². The minimum Gasteiger partial charge on any atom is -0.494 e. The van der Waals surface area contributed by atoms with Crippen molar-refractivity contribution in [1.82, 2.24) is 10.2 Å². The summed E-state index contributed by atoms with van der Waals surface area (Å²) < 4.78 is 29.5. The van der Waals surface area contributed by atoms with Gasteiger partial charge in [-0.2, -0.15) is 0 Å². The van der Waals surface area contributed by atoms with E-state index in [9.17, 15) is 4.39 Å². The van der Waals surface area contributed by atoms with Gasteiger partial charge in [0.1, 0.15) is 11.6 Å². The first-order chi connectivity index (χ1) is 13.7. The van der Waals surface area contributed by atoms with Gasteiger partial charge in [-0.05, 0) is 50.5 Å². The molecule has 0 unspecified atom stereocenters. The van der Waals surface area contributed by atoms with Crippen molar-refractivity contribution < 1.29 is 18.6 Å². The molecule has 1 aliphatic rings. The predicted octanol–water partition coefficient (Wildman–Crippen LogP) is 3.08. The molecule has 0 amide bonds. The summed E-state index contributed by atoms with van der Waals surface area (Å²) in [5, 5.41) is 3.38. The average molecular weight is 396 g/mol. The van der Waals surface area contributed by atoms with E-state index in [0.29, 0.717) is 25.0 Å². The highest BCUT2D eigenvalue weighted by molar-refractivity contribution is 5.80. The number of rotatable bonds is 11. The highest BCUT2D eigenvalue weighted by Crippen LogP contribution is 2.14. The molecule has 1 heterocycles. The molecule has 2 rings (SSSR count). The van der Waals surface area contributed by atoms with Crippen LogP contribution in [0.3, 0.4) is 0 Å². The molecule has 6 nitrogen and oxygen atoms in total. The van der Waals surface area contributed by atoms with Gasteiger partial charge in [0.05, 0.1) is 12.7 Å². The van der Waals surface area contributed by atoms with E-state index in [4.69, 9.17) is 19.2 Å². The first kappa shape index (κ1) is 22.4. The van der Waals surface area contributed by atoms with E-state index < -0.39 is 0 Å². The molecular formula is C21H34FN3O3. The molecule has 1 aromatic carbocycles. The standard InChI is InChI=1S/C21H34FN3O3/c1-3-23-21(24-12-4-16-27-19-8-6-18(22)7-9-19)25-13-10-20(11-14-25)28-17-5-15-26-2/h6-9,20H,3-5,10-17H2,1-2H3,(H,23,24). The third kappa shape index (κ3) is 8.44. The van der Waals surface area contributed by atoms with Crippen LogP contribution >= 0.6 is 0 Å². The first-order valence-electron chi connectivity index (χ1n) is 10.2. The Balaban J connectivity index is 1.68. The molecule has 0 atom stereocenters. The number of ether oxygens (including phenoxy) is 3. The van der Waals surface area contributed by atoms with Gasteiger partial charge in [0.25, 0.3) is 0 Å². The van der Waals surface area contributed by atoms with Crippen LogP contribution in [0.1, 0.15) is 32.6 Å². The summed E-state index contributed by atoms with van der Waals surface area (Å²) in [5.74, 6) is 1.39. The fourth-order valence-corrected chi connectivity index (χ4v) is 3.08. The lowest BCUT2D eigenvalue weighted by Gasteiger charge is -2.34. The number of nitrogens with zero attached hydrogens (tertiary/aromatic N) is 2. The largest absolute Gasteiger partial charge is 0.494 e. The SMILES string of the molecule is CCNC(=NCCCOc1ccc(F)cc1)N1CCC(OCCCOC)CC1. The number of halogens is 1. The highest BCUT2D eigenvalue weighted by Gasteiger charge is 2.21. The molecule has 1 fully saturated rings. The number of aliphatic imine (C=N–C) groups is 1. The fourth-order valence-electron chi connectivity index (χ4n) is 3.08. The van der Waals surface area contributed by atoms with E-state index in [1.807, 2.05) is 0 Å².